The van der Waals surface area contributed by atoms with Crippen molar-refractivity contribution in [2.45, 2.75) is 39.0 Å². The van der Waals surface area contributed by atoms with Crippen LogP contribution in [0.15, 0.2) is 36.4 Å². The first kappa shape index (κ1) is 17.3. The molecule has 0 saturated carbocycles. The molecule has 0 aliphatic heterocycles. The minimum absolute atomic E-state index is 0.185. The molecule has 1 unspecified atom stereocenters. The van der Waals surface area contributed by atoms with Crippen molar-refractivity contribution >= 4 is 0 Å². The number of halogens is 1. The van der Waals surface area contributed by atoms with Crippen molar-refractivity contribution in [3.63, 3.8) is 0 Å². The second-order valence-electron chi connectivity index (χ2n) is 5.99. The van der Waals surface area contributed by atoms with Crippen LogP contribution in [0.25, 0.3) is 0 Å². The molecule has 0 spiro atoms. The van der Waals surface area contributed by atoms with Crippen molar-refractivity contribution in [3.05, 3.63) is 58.9 Å². The van der Waals surface area contributed by atoms with E-state index < -0.39 is 0 Å². The maximum atomic E-state index is 13.0. The Bertz CT molecular complexity index is 610. The van der Waals surface area contributed by atoms with Gasteiger partial charge >= 0.3 is 0 Å². The summed E-state index contributed by atoms with van der Waals surface area (Å²) in [6.07, 6.45) is 2.96. The zero-order valence-electron chi connectivity index (χ0n) is 14.4. The molecule has 2 aromatic carbocycles. The average Bonchev–Trinajstić information content (AvgIpc) is 2.55. The second-order valence-corrected chi connectivity index (χ2v) is 5.99. The predicted molar refractivity (Wildman–Crippen MR) is 92.0 cm³/mol. The Morgan fingerprint density at radius 1 is 1.00 bits per heavy atom. The van der Waals surface area contributed by atoms with E-state index in [2.05, 4.69) is 6.92 Å². The summed E-state index contributed by atoms with van der Waals surface area (Å²) in [6.45, 7) is 4.21. The quantitative estimate of drug-likeness (QED) is 0.692. The molecule has 0 heterocycles. The molecule has 124 valence electrons. The standard InChI is InChI=1S/C20H25FO2/c1-14-12-19(22-3)18(20(13-14)23-4)7-5-6-15(2)16-8-10-17(21)11-9-16/h8-13,15H,5-7H2,1-4H3. The lowest BCUT2D eigenvalue weighted by Crippen LogP contribution is -2.00. The minimum atomic E-state index is -0.185. The Kier molecular flexibility index (Phi) is 6.03. The Labute approximate surface area is 138 Å². The summed E-state index contributed by atoms with van der Waals surface area (Å²) in [6, 6.07) is 10.9. The molecule has 2 nitrogen and oxygen atoms in total. The Balaban J connectivity index is 2.02. The lowest BCUT2D eigenvalue weighted by molar-refractivity contribution is 0.383. The van der Waals surface area contributed by atoms with E-state index >= 15 is 0 Å². The van der Waals surface area contributed by atoms with E-state index in [4.69, 9.17) is 9.47 Å². The summed E-state index contributed by atoms with van der Waals surface area (Å²) in [5.74, 6) is 1.99. The van der Waals surface area contributed by atoms with Crippen LogP contribution in [0.2, 0.25) is 0 Å². The molecular formula is C20H25FO2. The fourth-order valence-corrected chi connectivity index (χ4v) is 2.90. The maximum Gasteiger partial charge on any atom is 0.126 e. The molecule has 0 bridgehead atoms. The molecule has 0 N–H and O–H groups in total. The van der Waals surface area contributed by atoms with Crippen LogP contribution in [0, 0.1) is 12.7 Å². The third kappa shape index (κ3) is 4.47. The molecule has 0 aliphatic rings. The Morgan fingerprint density at radius 3 is 2.09 bits per heavy atom. The van der Waals surface area contributed by atoms with E-state index in [1.54, 1.807) is 14.2 Å². The van der Waals surface area contributed by atoms with Gasteiger partial charge < -0.3 is 9.47 Å². The first-order chi connectivity index (χ1) is 11.0. The number of hydrogen-bond donors (Lipinski definition) is 0. The topological polar surface area (TPSA) is 18.5 Å². The molecule has 0 radical (unpaired) electrons. The lowest BCUT2D eigenvalue weighted by Gasteiger charge is -2.16. The Hall–Kier alpha value is -2.03. The summed E-state index contributed by atoms with van der Waals surface area (Å²) in [5, 5.41) is 0. The van der Waals surface area contributed by atoms with Crippen molar-refractivity contribution in [1.82, 2.24) is 0 Å². The van der Waals surface area contributed by atoms with Crippen LogP contribution in [0.4, 0.5) is 4.39 Å². The lowest BCUT2D eigenvalue weighted by atomic mass is 9.93. The van der Waals surface area contributed by atoms with Gasteiger partial charge in [-0.1, -0.05) is 19.1 Å². The zero-order chi connectivity index (χ0) is 16.8. The van der Waals surface area contributed by atoms with Gasteiger partial charge in [0.15, 0.2) is 0 Å². The van der Waals surface area contributed by atoms with Crippen LogP contribution in [0.1, 0.15) is 42.4 Å². The van der Waals surface area contributed by atoms with E-state index in [0.29, 0.717) is 5.92 Å². The van der Waals surface area contributed by atoms with Crippen molar-refractivity contribution in [1.29, 1.82) is 0 Å². The smallest absolute Gasteiger partial charge is 0.126 e. The highest BCUT2D eigenvalue weighted by molar-refractivity contribution is 5.48. The maximum absolute atomic E-state index is 13.0. The monoisotopic (exact) mass is 316 g/mol. The first-order valence-corrected chi connectivity index (χ1v) is 8.02. The van der Waals surface area contributed by atoms with Gasteiger partial charge in [-0.05, 0) is 67.5 Å². The molecule has 23 heavy (non-hydrogen) atoms. The molecule has 2 rings (SSSR count). The summed E-state index contributed by atoms with van der Waals surface area (Å²) >= 11 is 0. The SMILES string of the molecule is COc1cc(C)cc(OC)c1CCCC(C)c1ccc(F)cc1. The highest BCUT2D eigenvalue weighted by Crippen LogP contribution is 2.32. The minimum Gasteiger partial charge on any atom is -0.496 e. The molecule has 2 aromatic rings. The summed E-state index contributed by atoms with van der Waals surface area (Å²) in [5.41, 5.74) is 3.42. The molecule has 0 amide bonds. The van der Waals surface area contributed by atoms with Crippen molar-refractivity contribution in [2.24, 2.45) is 0 Å². The van der Waals surface area contributed by atoms with E-state index in [1.165, 1.54) is 17.7 Å². The normalized spacial score (nSPS) is 12.0. The van der Waals surface area contributed by atoms with Crippen molar-refractivity contribution in [3.8, 4) is 11.5 Å². The third-order valence-corrected chi connectivity index (χ3v) is 4.26. The molecule has 0 aliphatic carbocycles. The van der Waals surface area contributed by atoms with Crippen LogP contribution in [-0.4, -0.2) is 14.2 Å². The number of ether oxygens (including phenoxy) is 2. The number of aryl methyl sites for hydroxylation is 1. The third-order valence-electron chi connectivity index (χ3n) is 4.26. The Morgan fingerprint density at radius 2 is 1.57 bits per heavy atom. The largest absolute Gasteiger partial charge is 0.496 e. The van der Waals surface area contributed by atoms with Crippen LogP contribution in [-0.2, 0) is 6.42 Å². The summed E-state index contributed by atoms with van der Waals surface area (Å²) < 4.78 is 24.0. The summed E-state index contributed by atoms with van der Waals surface area (Å²) in [4.78, 5) is 0. The summed E-state index contributed by atoms with van der Waals surface area (Å²) in [7, 11) is 3.39. The molecule has 0 saturated heterocycles. The van der Waals surface area contributed by atoms with Crippen LogP contribution in [0.5, 0.6) is 11.5 Å². The molecular weight excluding hydrogens is 291 g/mol. The van der Waals surface area contributed by atoms with Gasteiger partial charge in [0.1, 0.15) is 17.3 Å². The second kappa shape index (κ2) is 8.00. The number of rotatable bonds is 7. The van der Waals surface area contributed by atoms with Gasteiger partial charge in [0.05, 0.1) is 14.2 Å². The molecule has 0 aromatic heterocycles. The fraction of sp³-hybridized carbons (Fsp3) is 0.400. The van der Waals surface area contributed by atoms with Gasteiger partial charge in [-0.2, -0.15) is 0 Å². The van der Waals surface area contributed by atoms with Crippen molar-refractivity contribution < 1.29 is 13.9 Å². The zero-order valence-corrected chi connectivity index (χ0v) is 14.4. The number of benzene rings is 2. The van der Waals surface area contributed by atoms with Gasteiger partial charge in [-0.15, -0.1) is 0 Å². The molecule has 0 fully saturated rings. The van der Waals surface area contributed by atoms with Gasteiger partial charge in [0, 0.05) is 5.56 Å². The highest BCUT2D eigenvalue weighted by Gasteiger charge is 2.12. The van der Waals surface area contributed by atoms with Crippen LogP contribution >= 0.6 is 0 Å². The first-order valence-electron chi connectivity index (χ1n) is 8.02. The fourth-order valence-electron chi connectivity index (χ4n) is 2.90. The van der Waals surface area contributed by atoms with E-state index in [0.717, 1.165) is 41.9 Å². The van der Waals surface area contributed by atoms with Gasteiger partial charge in [-0.25, -0.2) is 4.39 Å². The van der Waals surface area contributed by atoms with Gasteiger partial charge in [0.25, 0.3) is 0 Å². The number of hydrogen-bond acceptors (Lipinski definition) is 2. The predicted octanol–water partition coefficient (Wildman–Crippen LogP) is 5.28. The van der Waals surface area contributed by atoms with Crippen LogP contribution < -0.4 is 9.47 Å². The molecule has 1 atom stereocenters. The van der Waals surface area contributed by atoms with Gasteiger partial charge in [-0.3, -0.25) is 0 Å². The van der Waals surface area contributed by atoms with E-state index in [9.17, 15) is 4.39 Å². The van der Waals surface area contributed by atoms with Crippen molar-refractivity contribution in [2.75, 3.05) is 14.2 Å². The average molecular weight is 316 g/mol. The van der Waals surface area contributed by atoms with Gasteiger partial charge in [0.2, 0.25) is 0 Å². The van der Waals surface area contributed by atoms with Crippen LogP contribution in [0.3, 0.4) is 0 Å². The number of methoxy groups -OCH3 is 2. The van der Waals surface area contributed by atoms with E-state index in [-0.39, 0.29) is 5.82 Å². The highest BCUT2D eigenvalue weighted by atomic mass is 19.1. The molecule has 3 heteroatoms. The van der Waals surface area contributed by atoms with E-state index in [1.807, 2.05) is 31.2 Å².